The predicted molar refractivity (Wildman–Crippen MR) is 67.2 cm³/mol. The van der Waals surface area contributed by atoms with Crippen LogP contribution in [0.1, 0.15) is 38.2 Å². The molecule has 1 N–H and O–H groups in total. The van der Waals surface area contributed by atoms with Gasteiger partial charge in [0, 0.05) is 6.42 Å². The van der Waals surface area contributed by atoms with Crippen molar-refractivity contribution in [2.24, 2.45) is 11.8 Å². The highest BCUT2D eigenvalue weighted by atomic mass is 19.2. The highest BCUT2D eigenvalue weighted by molar-refractivity contribution is 5.19. The van der Waals surface area contributed by atoms with Crippen molar-refractivity contribution in [3.8, 4) is 0 Å². The minimum absolute atomic E-state index is 0.213. The molecule has 2 rings (SSSR count). The molecule has 1 aliphatic carbocycles. The van der Waals surface area contributed by atoms with E-state index in [1.54, 1.807) is 6.07 Å². The molecule has 0 aliphatic heterocycles. The first-order chi connectivity index (χ1) is 8.61. The second-order valence-electron chi connectivity index (χ2n) is 5.33. The molecule has 1 saturated carbocycles. The molecule has 1 aliphatic rings. The lowest BCUT2D eigenvalue weighted by molar-refractivity contribution is 0.107. The summed E-state index contributed by atoms with van der Waals surface area (Å²) in [5.74, 6) is -0.737. The van der Waals surface area contributed by atoms with Gasteiger partial charge in [-0.3, -0.25) is 0 Å². The third kappa shape index (κ3) is 2.89. The minimum Gasteiger partial charge on any atom is -0.392 e. The summed E-state index contributed by atoms with van der Waals surface area (Å²) < 4.78 is 26.6. The lowest BCUT2D eigenvalue weighted by atomic mass is 9.93. The van der Waals surface area contributed by atoms with Gasteiger partial charge >= 0.3 is 0 Å². The number of hydrogen-bond acceptors (Lipinski definition) is 1. The third-order valence-electron chi connectivity index (χ3n) is 4.16. The van der Waals surface area contributed by atoms with Gasteiger partial charge in [-0.05, 0) is 36.3 Å². The molecule has 0 bridgehead atoms. The largest absolute Gasteiger partial charge is 0.392 e. The van der Waals surface area contributed by atoms with E-state index in [1.807, 2.05) is 0 Å². The molecule has 1 aromatic rings. The van der Waals surface area contributed by atoms with E-state index in [4.69, 9.17) is 0 Å². The van der Waals surface area contributed by atoms with Crippen LogP contribution in [0.3, 0.4) is 0 Å². The molecule has 0 saturated heterocycles. The Hall–Kier alpha value is -0.960. The summed E-state index contributed by atoms with van der Waals surface area (Å²) in [7, 11) is 0. The molecule has 18 heavy (non-hydrogen) atoms. The van der Waals surface area contributed by atoms with Crippen LogP contribution in [0, 0.1) is 23.5 Å². The zero-order valence-corrected chi connectivity index (χ0v) is 10.7. The number of halogens is 2. The fourth-order valence-electron chi connectivity index (χ4n) is 2.93. The Bertz CT molecular complexity index is 405. The number of aliphatic hydroxyl groups excluding tert-OH is 1. The maximum Gasteiger partial charge on any atom is 0.162 e. The summed E-state index contributed by atoms with van der Waals surface area (Å²) in [5, 5.41) is 10.1. The number of rotatable bonds is 4. The van der Waals surface area contributed by atoms with Crippen molar-refractivity contribution in [2.75, 3.05) is 0 Å². The van der Waals surface area contributed by atoms with E-state index in [0.29, 0.717) is 5.92 Å². The Morgan fingerprint density at radius 3 is 2.78 bits per heavy atom. The molecule has 0 spiro atoms. The first kappa shape index (κ1) is 13.5. The van der Waals surface area contributed by atoms with Gasteiger partial charge in [0.1, 0.15) is 0 Å². The maximum atomic E-state index is 13.5. The molecular formula is C15H20F2O. The fourth-order valence-corrected chi connectivity index (χ4v) is 2.93. The molecular weight excluding hydrogens is 234 g/mol. The zero-order chi connectivity index (χ0) is 13.1. The van der Waals surface area contributed by atoms with Crippen LogP contribution in [0.4, 0.5) is 8.78 Å². The lowest BCUT2D eigenvalue weighted by Gasteiger charge is -2.18. The van der Waals surface area contributed by atoms with Gasteiger partial charge in [-0.25, -0.2) is 8.78 Å². The third-order valence-corrected chi connectivity index (χ3v) is 4.16. The molecule has 0 radical (unpaired) electrons. The highest BCUT2D eigenvalue weighted by Gasteiger charge is 2.29. The molecule has 0 aromatic heterocycles. The van der Waals surface area contributed by atoms with E-state index < -0.39 is 17.7 Å². The fraction of sp³-hybridized carbons (Fsp3) is 0.600. The maximum absolute atomic E-state index is 13.5. The van der Waals surface area contributed by atoms with E-state index >= 15 is 0 Å². The molecule has 3 atom stereocenters. The molecule has 3 heteroatoms. The summed E-state index contributed by atoms with van der Waals surface area (Å²) in [5.41, 5.74) is 0.280. The second kappa shape index (κ2) is 5.79. The number of hydrogen-bond donors (Lipinski definition) is 1. The smallest absolute Gasteiger partial charge is 0.162 e. The van der Waals surface area contributed by atoms with Gasteiger partial charge < -0.3 is 5.11 Å². The summed E-state index contributed by atoms with van der Waals surface area (Å²) in [6.45, 7) is 2.16. The molecule has 1 aromatic carbocycles. The molecule has 1 fully saturated rings. The van der Waals surface area contributed by atoms with Gasteiger partial charge in [-0.15, -0.1) is 0 Å². The molecule has 0 amide bonds. The Kier molecular flexibility index (Phi) is 4.33. The summed E-state index contributed by atoms with van der Waals surface area (Å²) >= 11 is 0. The normalized spacial score (nSPS) is 25.3. The van der Waals surface area contributed by atoms with Gasteiger partial charge in [0.25, 0.3) is 0 Å². The molecule has 3 unspecified atom stereocenters. The Morgan fingerprint density at radius 1 is 1.33 bits per heavy atom. The van der Waals surface area contributed by atoms with Crippen molar-refractivity contribution >= 4 is 0 Å². The monoisotopic (exact) mass is 254 g/mol. The molecule has 0 heterocycles. The first-order valence-electron chi connectivity index (χ1n) is 6.72. The van der Waals surface area contributed by atoms with Gasteiger partial charge in [0.2, 0.25) is 0 Å². The Balaban J connectivity index is 1.99. The van der Waals surface area contributed by atoms with Crippen LogP contribution in [0.2, 0.25) is 0 Å². The van der Waals surface area contributed by atoms with Crippen LogP contribution < -0.4 is 0 Å². The van der Waals surface area contributed by atoms with Crippen LogP contribution in [0.5, 0.6) is 0 Å². The summed E-state index contributed by atoms with van der Waals surface area (Å²) in [4.78, 5) is 0. The van der Waals surface area contributed by atoms with Crippen molar-refractivity contribution in [3.05, 3.63) is 35.4 Å². The quantitative estimate of drug-likeness (QED) is 0.868. The average Bonchev–Trinajstić information content (AvgIpc) is 2.83. The van der Waals surface area contributed by atoms with E-state index in [0.717, 1.165) is 31.7 Å². The SMILES string of the molecule is CCC1CCC(C(O)Cc2cccc(F)c2F)C1. The van der Waals surface area contributed by atoms with Gasteiger partial charge in [0.15, 0.2) is 11.6 Å². The minimum atomic E-state index is -0.836. The van der Waals surface area contributed by atoms with Gasteiger partial charge in [0.05, 0.1) is 6.10 Å². The highest BCUT2D eigenvalue weighted by Crippen LogP contribution is 2.35. The van der Waals surface area contributed by atoms with Crippen molar-refractivity contribution in [1.29, 1.82) is 0 Å². The van der Waals surface area contributed by atoms with Crippen molar-refractivity contribution in [3.63, 3.8) is 0 Å². The average molecular weight is 254 g/mol. The Labute approximate surface area is 107 Å². The summed E-state index contributed by atoms with van der Waals surface area (Å²) in [6.07, 6.45) is 3.94. The van der Waals surface area contributed by atoms with Crippen LogP contribution in [0.25, 0.3) is 0 Å². The Morgan fingerprint density at radius 2 is 2.11 bits per heavy atom. The summed E-state index contributed by atoms with van der Waals surface area (Å²) in [6, 6.07) is 4.14. The number of aliphatic hydroxyl groups is 1. The topological polar surface area (TPSA) is 20.2 Å². The standard InChI is InChI=1S/C15H20F2O/c1-2-10-6-7-11(8-10)14(18)9-12-4-3-5-13(16)15(12)17/h3-5,10-11,14,18H,2,6-9H2,1H3. The van der Waals surface area contributed by atoms with E-state index in [9.17, 15) is 13.9 Å². The van der Waals surface area contributed by atoms with E-state index in [-0.39, 0.29) is 17.9 Å². The van der Waals surface area contributed by atoms with Crippen LogP contribution in [-0.4, -0.2) is 11.2 Å². The van der Waals surface area contributed by atoms with Gasteiger partial charge in [-0.1, -0.05) is 31.9 Å². The van der Waals surface area contributed by atoms with Crippen molar-refractivity contribution in [1.82, 2.24) is 0 Å². The van der Waals surface area contributed by atoms with Crippen LogP contribution in [0.15, 0.2) is 18.2 Å². The van der Waals surface area contributed by atoms with Crippen LogP contribution in [-0.2, 0) is 6.42 Å². The zero-order valence-electron chi connectivity index (χ0n) is 10.7. The molecule has 100 valence electrons. The number of benzene rings is 1. The van der Waals surface area contributed by atoms with Crippen molar-refractivity contribution < 1.29 is 13.9 Å². The van der Waals surface area contributed by atoms with Crippen LogP contribution >= 0.6 is 0 Å². The van der Waals surface area contributed by atoms with Gasteiger partial charge in [-0.2, -0.15) is 0 Å². The van der Waals surface area contributed by atoms with E-state index in [2.05, 4.69) is 6.92 Å². The van der Waals surface area contributed by atoms with Crippen molar-refractivity contribution in [2.45, 2.75) is 45.1 Å². The first-order valence-corrected chi connectivity index (χ1v) is 6.72. The predicted octanol–water partition coefficient (Wildman–Crippen LogP) is 3.69. The molecule has 1 nitrogen and oxygen atoms in total. The van der Waals surface area contributed by atoms with E-state index in [1.165, 1.54) is 6.07 Å². The second-order valence-corrected chi connectivity index (χ2v) is 5.33. The lowest BCUT2D eigenvalue weighted by Crippen LogP contribution is -2.21.